The van der Waals surface area contributed by atoms with Crippen LogP contribution in [0.4, 0.5) is 0 Å². The SMILES string of the molecule is CC(C)(C)NC[C@H](N)Cc1ccc(OCc2ccccc2)cc1. The van der Waals surface area contributed by atoms with Gasteiger partial charge in [0.15, 0.2) is 0 Å². The van der Waals surface area contributed by atoms with Crippen molar-refractivity contribution in [1.29, 1.82) is 0 Å². The number of hydrogen-bond acceptors (Lipinski definition) is 3. The maximum Gasteiger partial charge on any atom is 0.119 e. The van der Waals surface area contributed by atoms with Crippen molar-refractivity contribution in [3.63, 3.8) is 0 Å². The highest BCUT2D eigenvalue weighted by Crippen LogP contribution is 2.15. The first-order valence-corrected chi connectivity index (χ1v) is 8.19. The third kappa shape index (κ3) is 6.85. The molecular formula is C20H28N2O. The van der Waals surface area contributed by atoms with Crippen molar-refractivity contribution in [3.8, 4) is 5.75 Å². The first kappa shape index (κ1) is 17.5. The lowest BCUT2D eigenvalue weighted by molar-refractivity contribution is 0.306. The van der Waals surface area contributed by atoms with Crippen LogP contribution < -0.4 is 15.8 Å². The van der Waals surface area contributed by atoms with E-state index in [1.54, 1.807) is 0 Å². The molecule has 3 heteroatoms. The van der Waals surface area contributed by atoms with Gasteiger partial charge in [-0.15, -0.1) is 0 Å². The molecule has 3 N–H and O–H groups in total. The second-order valence-electron chi connectivity index (χ2n) is 7.01. The van der Waals surface area contributed by atoms with E-state index in [4.69, 9.17) is 10.5 Å². The van der Waals surface area contributed by atoms with E-state index in [-0.39, 0.29) is 11.6 Å². The summed E-state index contributed by atoms with van der Waals surface area (Å²) in [6.45, 7) is 7.86. The Balaban J connectivity index is 1.80. The van der Waals surface area contributed by atoms with Crippen LogP contribution in [0.3, 0.4) is 0 Å². The topological polar surface area (TPSA) is 47.3 Å². The van der Waals surface area contributed by atoms with Gasteiger partial charge in [-0.1, -0.05) is 42.5 Å². The first-order valence-electron chi connectivity index (χ1n) is 8.19. The Bertz CT molecular complexity index is 573. The second-order valence-corrected chi connectivity index (χ2v) is 7.01. The summed E-state index contributed by atoms with van der Waals surface area (Å²) < 4.78 is 5.80. The molecule has 23 heavy (non-hydrogen) atoms. The van der Waals surface area contributed by atoms with Gasteiger partial charge < -0.3 is 15.8 Å². The van der Waals surface area contributed by atoms with Gasteiger partial charge in [-0.2, -0.15) is 0 Å². The predicted octanol–water partition coefficient (Wildman–Crippen LogP) is 3.52. The largest absolute Gasteiger partial charge is 0.489 e. The standard InChI is InChI=1S/C20H28N2O/c1-20(2,3)22-14-18(21)13-16-9-11-19(12-10-16)23-15-17-7-5-4-6-8-17/h4-12,18,22H,13-15,21H2,1-3H3/t18-/m1/s1. The number of rotatable bonds is 7. The molecule has 2 aromatic carbocycles. The van der Waals surface area contributed by atoms with Gasteiger partial charge in [0.2, 0.25) is 0 Å². The Morgan fingerprint density at radius 3 is 2.22 bits per heavy atom. The van der Waals surface area contributed by atoms with E-state index in [1.807, 2.05) is 30.3 Å². The summed E-state index contributed by atoms with van der Waals surface area (Å²) in [4.78, 5) is 0. The zero-order valence-electron chi connectivity index (χ0n) is 14.4. The van der Waals surface area contributed by atoms with Crippen molar-refractivity contribution in [2.45, 2.75) is 45.4 Å². The molecule has 1 atom stereocenters. The van der Waals surface area contributed by atoms with Gasteiger partial charge >= 0.3 is 0 Å². The Hall–Kier alpha value is -1.84. The monoisotopic (exact) mass is 312 g/mol. The minimum Gasteiger partial charge on any atom is -0.489 e. The van der Waals surface area contributed by atoms with Gasteiger partial charge in [0.1, 0.15) is 12.4 Å². The van der Waals surface area contributed by atoms with Crippen LogP contribution in [0.1, 0.15) is 31.9 Å². The van der Waals surface area contributed by atoms with Gasteiger partial charge in [-0.05, 0) is 50.5 Å². The van der Waals surface area contributed by atoms with Gasteiger partial charge in [0.25, 0.3) is 0 Å². The maximum atomic E-state index is 6.19. The Morgan fingerprint density at radius 2 is 1.61 bits per heavy atom. The van der Waals surface area contributed by atoms with Crippen molar-refractivity contribution in [3.05, 3.63) is 65.7 Å². The van der Waals surface area contributed by atoms with Gasteiger partial charge in [-0.3, -0.25) is 0 Å². The molecule has 0 aliphatic rings. The highest BCUT2D eigenvalue weighted by atomic mass is 16.5. The van der Waals surface area contributed by atoms with Crippen molar-refractivity contribution < 1.29 is 4.74 Å². The third-order valence-electron chi connectivity index (χ3n) is 3.56. The smallest absolute Gasteiger partial charge is 0.119 e. The summed E-state index contributed by atoms with van der Waals surface area (Å²) in [5, 5.41) is 3.44. The summed E-state index contributed by atoms with van der Waals surface area (Å²) >= 11 is 0. The predicted molar refractivity (Wildman–Crippen MR) is 96.7 cm³/mol. The van der Waals surface area contributed by atoms with E-state index in [9.17, 15) is 0 Å². The zero-order valence-corrected chi connectivity index (χ0v) is 14.4. The molecule has 0 aromatic heterocycles. The molecule has 0 aliphatic heterocycles. The van der Waals surface area contributed by atoms with E-state index < -0.39 is 0 Å². The molecule has 0 bridgehead atoms. The van der Waals surface area contributed by atoms with Gasteiger partial charge in [-0.25, -0.2) is 0 Å². The summed E-state index contributed by atoms with van der Waals surface area (Å²) in [6, 6.07) is 18.5. The van der Waals surface area contributed by atoms with Crippen LogP contribution in [0.2, 0.25) is 0 Å². The lowest BCUT2D eigenvalue weighted by Gasteiger charge is -2.23. The van der Waals surface area contributed by atoms with Crippen LogP contribution in [0.25, 0.3) is 0 Å². The zero-order chi connectivity index (χ0) is 16.7. The number of nitrogens with two attached hydrogens (primary N) is 1. The summed E-state index contributed by atoms with van der Waals surface area (Å²) in [6.07, 6.45) is 0.863. The van der Waals surface area contributed by atoms with Gasteiger partial charge in [0.05, 0.1) is 0 Å². The minimum absolute atomic E-state index is 0.104. The normalized spacial score (nSPS) is 12.9. The average Bonchev–Trinajstić information content (AvgIpc) is 2.53. The fourth-order valence-electron chi connectivity index (χ4n) is 2.27. The summed E-state index contributed by atoms with van der Waals surface area (Å²) in [5.41, 5.74) is 8.71. The van der Waals surface area contributed by atoms with Crippen LogP contribution in [0, 0.1) is 0 Å². The highest BCUT2D eigenvalue weighted by Gasteiger charge is 2.11. The molecule has 124 valence electrons. The van der Waals surface area contributed by atoms with Crippen molar-refractivity contribution >= 4 is 0 Å². The second kappa shape index (κ2) is 8.14. The van der Waals surface area contributed by atoms with Gasteiger partial charge in [0, 0.05) is 18.1 Å². The van der Waals surface area contributed by atoms with Crippen molar-refractivity contribution in [1.82, 2.24) is 5.32 Å². The van der Waals surface area contributed by atoms with E-state index in [0.29, 0.717) is 6.61 Å². The van der Waals surface area contributed by atoms with Crippen LogP contribution in [-0.2, 0) is 13.0 Å². The van der Waals surface area contributed by atoms with Crippen LogP contribution in [-0.4, -0.2) is 18.1 Å². The van der Waals surface area contributed by atoms with E-state index >= 15 is 0 Å². The molecule has 0 heterocycles. The van der Waals surface area contributed by atoms with E-state index in [2.05, 4.69) is 50.4 Å². The highest BCUT2D eigenvalue weighted by molar-refractivity contribution is 5.28. The lowest BCUT2D eigenvalue weighted by atomic mass is 10.0. The number of hydrogen-bond donors (Lipinski definition) is 2. The minimum atomic E-state index is 0.104. The molecule has 0 fully saturated rings. The summed E-state index contributed by atoms with van der Waals surface area (Å²) in [7, 11) is 0. The first-order chi connectivity index (χ1) is 10.9. The Labute approximate surface area is 139 Å². The molecule has 0 unspecified atom stereocenters. The van der Waals surface area contributed by atoms with Crippen LogP contribution in [0.15, 0.2) is 54.6 Å². The number of benzene rings is 2. The molecule has 0 amide bonds. The van der Waals surface area contributed by atoms with E-state index in [0.717, 1.165) is 18.7 Å². The molecule has 0 spiro atoms. The molecule has 0 saturated heterocycles. The molecule has 3 nitrogen and oxygen atoms in total. The third-order valence-corrected chi connectivity index (χ3v) is 3.56. The van der Waals surface area contributed by atoms with E-state index in [1.165, 1.54) is 11.1 Å². The molecule has 2 rings (SSSR count). The Kier molecular flexibility index (Phi) is 6.20. The lowest BCUT2D eigenvalue weighted by Crippen LogP contribution is -2.44. The quantitative estimate of drug-likeness (QED) is 0.822. The molecule has 0 saturated carbocycles. The molecule has 2 aromatic rings. The molecule has 0 radical (unpaired) electrons. The van der Waals surface area contributed by atoms with Crippen LogP contribution in [0.5, 0.6) is 5.75 Å². The maximum absolute atomic E-state index is 6.19. The fraction of sp³-hybridized carbons (Fsp3) is 0.400. The number of ether oxygens (including phenoxy) is 1. The van der Waals surface area contributed by atoms with Crippen molar-refractivity contribution in [2.75, 3.05) is 6.54 Å². The Morgan fingerprint density at radius 1 is 0.957 bits per heavy atom. The molecule has 0 aliphatic carbocycles. The van der Waals surface area contributed by atoms with Crippen molar-refractivity contribution in [2.24, 2.45) is 5.73 Å². The fourth-order valence-corrected chi connectivity index (χ4v) is 2.27. The average molecular weight is 312 g/mol. The molecular weight excluding hydrogens is 284 g/mol. The summed E-state index contributed by atoms with van der Waals surface area (Å²) in [5.74, 6) is 0.888. The number of nitrogens with one attached hydrogen (secondary N) is 1. The van der Waals surface area contributed by atoms with Crippen LogP contribution >= 0.6 is 0 Å².